The van der Waals surface area contributed by atoms with Gasteiger partial charge in [-0.1, -0.05) is 39.7 Å². The van der Waals surface area contributed by atoms with Crippen LogP contribution in [-0.2, 0) is 13.0 Å². The molecule has 1 N–H and O–H groups in total. The highest BCUT2D eigenvalue weighted by molar-refractivity contribution is 9.10. The summed E-state index contributed by atoms with van der Waals surface area (Å²) in [6, 6.07) is 17.8. The number of hydrogen-bond donors (Lipinski definition) is 1. The quantitative estimate of drug-likeness (QED) is 0.434. The van der Waals surface area contributed by atoms with Gasteiger partial charge in [-0.25, -0.2) is 0 Å². The first-order valence-corrected chi connectivity index (χ1v) is 9.20. The van der Waals surface area contributed by atoms with Gasteiger partial charge in [-0.2, -0.15) is 0 Å². The zero-order chi connectivity index (χ0) is 17.6. The van der Waals surface area contributed by atoms with Crippen molar-refractivity contribution in [3.63, 3.8) is 0 Å². The number of rotatable bonds is 7. The molecule has 1 heterocycles. The van der Waals surface area contributed by atoms with Gasteiger partial charge in [0.1, 0.15) is 17.3 Å². The largest absolute Gasteiger partial charge is 0.497 e. The van der Waals surface area contributed by atoms with E-state index in [0.717, 1.165) is 40.3 Å². The lowest BCUT2D eigenvalue weighted by Crippen LogP contribution is -2.16. The van der Waals surface area contributed by atoms with Gasteiger partial charge in [0.05, 0.1) is 18.7 Å². The average Bonchev–Trinajstić information content (AvgIpc) is 3.08. The van der Waals surface area contributed by atoms with Crippen molar-refractivity contribution in [2.24, 2.45) is 0 Å². The number of furan rings is 1. The summed E-state index contributed by atoms with van der Waals surface area (Å²) in [5.41, 5.74) is 2.17. The van der Waals surface area contributed by atoms with Crippen LogP contribution >= 0.6 is 39.9 Å². The third kappa shape index (κ3) is 5.52. The van der Waals surface area contributed by atoms with Crippen molar-refractivity contribution in [2.75, 3.05) is 13.7 Å². The Bertz CT molecular complexity index is 834. The first-order valence-electron chi connectivity index (χ1n) is 8.03. The molecule has 0 atom stereocenters. The van der Waals surface area contributed by atoms with Gasteiger partial charge in [-0.05, 0) is 61.0 Å². The predicted octanol–water partition coefficient (Wildman–Crippen LogP) is 6.13. The van der Waals surface area contributed by atoms with Crippen LogP contribution in [0.25, 0.3) is 11.3 Å². The number of hydrogen-bond acceptors (Lipinski definition) is 3. The van der Waals surface area contributed by atoms with Crippen molar-refractivity contribution in [1.82, 2.24) is 5.32 Å². The minimum Gasteiger partial charge on any atom is -0.497 e. The van der Waals surface area contributed by atoms with E-state index in [-0.39, 0.29) is 12.4 Å². The Morgan fingerprint density at radius 1 is 1.08 bits per heavy atom. The SMILES string of the molecule is COc1ccc(CCNCc2ccc(-c3ccc(Br)cc3Cl)o2)cc1.Cl. The second kappa shape index (κ2) is 10.0. The Balaban J connectivity index is 0.00000243. The Morgan fingerprint density at radius 3 is 2.54 bits per heavy atom. The topological polar surface area (TPSA) is 34.4 Å². The maximum absolute atomic E-state index is 6.27. The van der Waals surface area contributed by atoms with E-state index in [1.165, 1.54) is 5.56 Å². The van der Waals surface area contributed by atoms with Crippen molar-refractivity contribution >= 4 is 39.9 Å². The van der Waals surface area contributed by atoms with Crippen LogP contribution in [0, 0.1) is 0 Å². The lowest BCUT2D eigenvalue weighted by molar-refractivity contribution is 0.414. The summed E-state index contributed by atoms with van der Waals surface area (Å²) in [5, 5.41) is 4.07. The van der Waals surface area contributed by atoms with Gasteiger partial charge in [0, 0.05) is 10.0 Å². The Hall–Kier alpha value is -1.46. The molecule has 0 bridgehead atoms. The van der Waals surface area contributed by atoms with Crippen LogP contribution in [0.2, 0.25) is 5.02 Å². The second-order valence-electron chi connectivity index (χ2n) is 5.66. The lowest BCUT2D eigenvalue weighted by Gasteiger charge is -2.05. The second-order valence-corrected chi connectivity index (χ2v) is 6.99. The standard InChI is InChI=1S/C20H19BrClNO2.ClH/c1-24-16-5-2-14(3-6-16)10-11-23-13-17-7-9-20(25-17)18-8-4-15(21)12-19(18)22;/h2-9,12,23H,10-11,13H2,1H3;1H. The van der Waals surface area contributed by atoms with Crippen LogP contribution in [0.1, 0.15) is 11.3 Å². The minimum absolute atomic E-state index is 0. The van der Waals surface area contributed by atoms with Crippen molar-refractivity contribution in [1.29, 1.82) is 0 Å². The minimum atomic E-state index is 0. The molecule has 138 valence electrons. The molecule has 6 heteroatoms. The van der Waals surface area contributed by atoms with Gasteiger partial charge in [0.25, 0.3) is 0 Å². The van der Waals surface area contributed by atoms with Crippen LogP contribution in [0.3, 0.4) is 0 Å². The van der Waals surface area contributed by atoms with E-state index >= 15 is 0 Å². The van der Waals surface area contributed by atoms with Crippen molar-refractivity contribution in [2.45, 2.75) is 13.0 Å². The summed E-state index contributed by atoms with van der Waals surface area (Å²) in [4.78, 5) is 0. The van der Waals surface area contributed by atoms with Crippen LogP contribution in [0.4, 0.5) is 0 Å². The molecule has 1 aromatic heterocycles. The molecular formula is C20H20BrCl2NO2. The fourth-order valence-electron chi connectivity index (χ4n) is 2.54. The molecule has 3 aromatic rings. The summed E-state index contributed by atoms with van der Waals surface area (Å²) < 4.78 is 12.0. The van der Waals surface area contributed by atoms with E-state index in [1.807, 2.05) is 42.5 Å². The first-order chi connectivity index (χ1) is 12.2. The summed E-state index contributed by atoms with van der Waals surface area (Å²) in [6.07, 6.45) is 0.954. The molecule has 0 saturated heterocycles. The Labute approximate surface area is 173 Å². The highest BCUT2D eigenvalue weighted by Gasteiger charge is 2.09. The third-order valence-corrected chi connectivity index (χ3v) is 4.71. The van der Waals surface area contributed by atoms with Gasteiger partial charge in [0.15, 0.2) is 0 Å². The normalized spacial score (nSPS) is 10.4. The number of halogens is 3. The molecule has 0 radical (unpaired) electrons. The fraction of sp³-hybridized carbons (Fsp3) is 0.200. The third-order valence-electron chi connectivity index (χ3n) is 3.91. The highest BCUT2D eigenvalue weighted by Crippen LogP contribution is 2.31. The maximum Gasteiger partial charge on any atom is 0.135 e. The van der Waals surface area contributed by atoms with E-state index in [4.69, 9.17) is 20.8 Å². The van der Waals surface area contributed by atoms with Crippen LogP contribution in [0.15, 0.2) is 63.5 Å². The van der Waals surface area contributed by atoms with E-state index in [9.17, 15) is 0 Å². The van der Waals surface area contributed by atoms with Gasteiger partial charge in [-0.3, -0.25) is 0 Å². The summed E-state index contributed by atoms with van der Waals surface area (Å²) >= 11 is 9.69. The zero-order valence-corrected chi connectivity index (χ0v) is 17.5. The molecule has 3 nitrogen and oxygen atoms in total. The molecule has 2 aromatic carbocycles. The van der Waals surface area contributed by atoms with E-state index in [2.05, 4.69) is 33.4 Å². The van der Waals surface area contributed by atoms with E-state index < -0.39 is 0 Å². The first kappa shape index (κ1) is 20.8. The van der Waals surface area contributed by atoms with Crippen molar-refractivity contribution in [3.8, 4) is 17.1 Å². The lowest BCUT2D eigenvalue weighted by atomic mass is 10.1. The molecule has 0 spiro atoms. The van der Waals surface area contributed by atoms with Gasteiger partial charge >= 0.3 is 0 Å². The highest BCUT2D eigenvalue weighted by atomic mass is 79.9. The number of methoxy groups -OCH3 is 1. The summed E-state index contributed by atoms with van der Waals surface area (Å²) in [6.45, 7) is 1.56. The van der Waals surface area contributed by atoms with Gasteiger partial charge in [0.2, 0.25) is 0 Å². The summed E-state index contributed by atoms with van der Waals surface area (Å²) in [7, 11) is 1.68. The molecule has 0 aliphatic carbocycles. The molecule has 26 heavy (non-hydrogen) atoms. The fourth-order valence-corrected chi connectivity index (χ4v) is 3.31. The maximum atomic E-state index is 6.27. The molecule has 0 unspecified atom stereocenters. The molecule has 0 fully saturated rings. The molecule has 0 amide bonds. The van der Waals surface area contributed by atoms with Crippen LogP contribution in [0.5, 0.6) is 5.75 Å². The molecule has 3 rings (SSSR count). The zero-order valence-electron chi connectivity index (χ0n) is 14.3. The summed E-state index contributed by atoms with van der Waals surface area (Å²) in [5.74, 6) is 2.56. The van der Waals surface area contributed by atoms with Gasteiger partial charge in [-0.15, -0.1) is 12.4 Å². The number of nitrogens with one attached hydrogen (secondary N) is 1. The molecule has 0 aliphatic rings. The van der Waals surface area contributed by atoms with Crippen molar-refractivity contribution in [3.05, 3.63) is 75.4 Å². The van der Waals surface area contributed by atoms with Crippen LogP contribution in [-0.4, -0.2) is 13.7 Å². The Morgan fingerprint density at radius 2 is 1.85 bits per heavy atom. The molecular weight excluding hydrogens is 437 g/mol. The Kier molecular flexibility index (Phi) is 8.04. The van der Waals surface area contributed by atoms with Gasteiger partial charge < -0.3 is 14.5 Å². The predicted molar refractivity (Wildman–Crippen MR) is 113 cm³/mol. The van der Waals surface area contributed by atoms with E-state index in [1.54, 1.807) is 7.11 Å². The monoisotopic (exact) mass is 455 g/mol. The molecule has 0 saturated carbocycles. The molecule has 0 aliphatic heterocycles. The van der Waals surface area contributed by atoms with E-state index in [0.29, 0.717) is 11.6 Å². The average molecular weight is 457 g/mol. The number of benzene rings is 2. The van der Waals surface area contributed by atoms with Crippen LogP contribution < -0.4 is 10.1 Å². The smallest absolute Gasteiger partial charge is 0.135 e. The number of ether oxygens (including phenoxy) is 1. The van der Waals surface area contributed by atoms with Crippen molar-refractivity contribution < 1.29 is 9.15 Å².